The van der Waals surface area contributed by atoms with E-state index in [1.165, 1.54) is 89.8 Å². The number of H-pyrrole nitrogens is 1. The van der Waals surface area contributed by atoms with Crippen LogP contribution in [0.15, 0.2) is 91.1 Å². The van der Waals surface area contributed by atoms with Crippen LogP contribution in [0, 0.1) is 29.3 Å². The molecule has 27 heteroatoms. The van der Waals surface area contributed by atoms with Gasteiger partial charge < -0.3 is 62.9 Å². The van der Waals surface area contributed by atoms with Crippen molar-refractivity contribution < 1.29 is 65.9 Å². The molecule has 0 saturated carbocycles. The number of amides is 9. The molecule has 0 unspecified atom stereocenters. The summed E-state index contributed by atoms with van der Waals surface area (Å²) < 4.78 is 50.7. The number of Topliss-reactive ketones (excluding diaryl/α,β-unsaturated/α-hetero) is 1. The maximum absolute atomic E-state index is 15.6. The molecule has 4 aromatic carbocycles. The summed E-state index contributed by atoms with van der Waals surface area (Å²) in [4.78, 5) is 152. The lowest BCUT2D eigenvalue weighted by Crippen LogP contribution is -2.63. The van der Waals surface area contributed by atoms with Crippen LogP contribution in [0.4, 0.5) is 13.2 Å². The van der Waals surface area contributed by atoms with Gasteiger partial charge in [0, 0.05) is 84.8 Å². The van der Waals surface area contributed by atoms with Gasteiger partial charge in [-0.15, -0.1) is 0 Å². The number of hydrogen-bond donors (Lipinski definition) is 9. The summed E-state index contributed by atoms with van der Waals surface area (Å²) in [6.07, 6.45) is 5.34. The number of carbonyl (C=O) groups is 10. The number of fused-ring (bicyclic) bond motifs is 6. The van der Waals surface area contributed by atoms with Crippen molar-refractivity contribution in [3.05, 3.63) is 142 Å². The molecule has 4 heterocycles. The number of methoxy groups -OCH3 is 1. The maximum atomic E-state index is 15.6. The minimum Gasteiger partial charge on any atom is -0.497 e. The molecule has 10 atom stereocenters. The molecule has 2 fully saturated rings. The number of benzene rings is 4. The molecule has 9 amide bonds. The van der Waals surface area contributed by atoms with Crippen LogP contribution >= 0.6 is 23.5 Å². The van der Waals surface area contributed by atoms with Gasteiger partial charge in [-0.1, -0.05) is 50.6 Å². The number of allylic oxidation sites excluding steroid dienone is 1. The lowest BCUT2D eigenvalue weighted by atomic mass is 9.90. The van der Waals surface area contributed by atoms with Crippen molar-refractivity contribution in [2.24, 2.45) is 23.3 Å². The summed E-state index contributed by atoms with van der Waals surface area (Å²) in [5, 5.41) is 17.5. The van der Waals surface area contributed by atoms with Crippen LogP contribution in [0.3, 0.4) is 0 Å². The van der Waals surface area contributed by atoms with Crippen LogP contribution in [0.1, 0.15) is 132 Å². The highest BCUT2D eigenvalue weighted by Gasteiger charge is 2.49. The first-order valence-electron chi connectivity index (χ1n) is 34.6. The van der Waals surface area contributed by atoms with E-state index in [2.05, 4.69) is 36.9 Å². The van der Waals surface area contributed by atoms with Crippen molar-refractivity contribution in [3.63, 3.8) is 0 Å². The third kappa shape index (κ3) is 19.7. The zero-order chi connectivity index (χ0) is 72.7. The van der Waals surface area contributed by atoms with Crippen molar-refractivity contribution in [1.82, 2.24) is 46.7 Å². The summed E-state index contributed by atoms with van der Waals surface area (Å²) in [6, 6.07) is 10.9. The van der Waals surface area contributed by atoms with Gasteiger partial charge >= 0.3 is 0 Å². The Morgan fingerprint density at radius 3 is 2.18 bits per heavy atom. The van der Waals surface area contributed by atoms with Gasteiger partial charge in [0.05, 0.1) is 13.2 Å². The normalized spacial score (nSPS) is 25.0. The molecule has 101 heavy (non-hydrogen) atoms. The molecule has 2 bridgehead atoms. The van der Waals surface area contributed by atoms with Gasteiger partial charge in [0.2, 0.25) is 53.2 Å². The number of nitrogens with one attached hydrogen (secondary N) is 7. The molecular formula is C74H92F3N11O11S2. The number of nitrogens with two attached hydrogens (primary N) is 2. The second-order valence-corrected chi connectivity index (χ2v) is 29.1. The molecule has 22 nitrogen and oxygen atoms in total. The monoisotopic (exact) mass is 1430 g/mol. The van der Waals surface area contributed by atoms with Crippen molar-refractivity contribution in [3.8, 4) is 5.75 Å². The van der Waals surface area contributed by atoms with E-state index in [-0.39, 0.29) is 75.3 Å². The third-order valence-electron chi connectivity index (χ3n) is 19.7. The summed E-state index contributed by atoms with van der Waals surface area (Å²) in [5.41, 5.74) is 14.8. The van der Waals surface area contributed by atoms with Crippen LogP contribution in [-0.2, 0) is 78.7 Å². The van der Waals surface area contributed by atoms with E-state index in [1.807, 2.05) is 13.0 Å². The number of thioether (sulfide) groups is 2. The van der Waals surface area contributed by atoms with Crippen molar-refractivity contribution >= 4 is 98.9 Å². The molecule has 0 radical (unpaired) electrons. The van der Waals surface area contributed by atoms with Crippen LogP contribution < -0.4 is 48.1 Å². The Morgan fingerprint density at radius 1 is 0.743 bits per heavy atom. The van der Waals surface area contributed by atoms with Crippen LogP contribution in [-0.4, -0.2) is 160 Å². The van der Waals surface area contributed by atoms with Crippen LogP contribution in [0.2, 0.25) is 0 Å². The summed E-state index contributed by atoms with van der Waals surface area (Å²) >= 11 is 2.57. The molecule has 2 saturated heterocycles. The Morgan fingerprint density at radius 2 is 1.46 bits per heavy atom. The Kier molecular flexibility index (Phi) is 26.7. The van der Waals surface area contributed by atoms with Crippen LogP contribution in [0.25, 0.3) is 16.5 Å². The zero-order valence-corrected chi connectivity index (χ0v) is 59.3. The highest BCUT2D eigenvalue weighted by molar-refractivity contribution is 7.98. The second kappa shape index (κ2) is 35.3. The number of unbranched alkanes of at least 4 members (excludes halogenated alkanes) is 1. The van der Waals surface area contributed by atoms with E-state index in [1.54, 1.807) is 56.4 Å². The number of hydrogen-bond acceptors (Lipinski definition) is 14. The molecule has 5 aromatic rings. The van der Waals surface area contributed by atoms with Gasteiger partial charge in [-0.3, -0.25) is 47.9 Å². The number of primary amides is 1. The summed E-state index contributed by atoms with van der Waals surface area (Å²) in [5.74, 6) is -8.96. The van der Waals surface area contributed by atoms with Crippen LogP contribution in [0.5, 0.6) is 5.75 Å². The highest BCUT2D eigenvalue weighted by atomic mass is 32.2. The van der Waals surface area contributed by atoms with Gasteiger partial charge in [0.25, 0.3) is 0 Å². The smallest absolute Gasteiger partial charge is 0.246 e. The number of aromatic amines is 1. The fourth-order valence-corrected chi connectivity index (χ4v) is 15.5. The van der Waals surface area contributed by atoms with Gasteiger partial charge in [0.1, 0.15) is 65.0 Å². The van der Waals surface area contributed by atoms with Gasteiger partial charge in [-0.2, -0.15) is 23.5 Å². The first kappa shape index (κ1) is 76.5. The molecular weight excluding hydrogens is 1340 g/mol. The lowest BCUT2D eigenvalue weighted by molar-refractivity contribution is -0.147. The van der Waals surface area contributed by atoms with E-state index in [0.29, 0.717) is 101 Å². The predicted molar refractivity (Wildman–Crippen MR) is 381 cm³/mol. The zero-order valence-electron chi connectivity index (χ0n) is 57.7. The average molecular weight is 1430 g/mol. The minimum absolute atomic E-state index is 0.0171. The van der Waals surface area contributed by atoms with Gasteiger partial charge in [-0.25, -0.2) is 13.2 Å². The predicted octanol–water partition coefficient (Wildman–Crippen LogP) is 6.52. The SMILES string of the molecule is CC[C@H](C)[C@@H]1NC(=O)[C@@H]2CCCN2C(=O)[C@H](CC2=CCc3ccc(F)cc32)NC(=O)[C@H](Cc2c[nH]c3ccc(F)cc23)CC(=O)[C@@H](C)NC(=O)[C@H](CCCCN)NC(=O)CCSCc2cc(F)cc(c2)CSC[C@@H](C(N)=O)NC(=O)[C@]2(C)CCCN2C(=O)[C@H](Cc2ccc(OC)cc2)NC1=O. The quantitative estimate of drug-likeness (QED) is 0.0535. The van der Waals surface area contributed by atoms with E-state index in [4.69, 9.17) is 16.2 Å². The number of rotatable bonds is 14. The van der Waals surface area contributed by atoms with Crippen molar-refractivity contribution in [1.29, 1.82) is 0 Å². The molecule has 1 aromatic heterocycles. The molecule has 4 aliphatic rings. The average Bonchev–Trinajstić information content (AvgIpc) is 1.68. The fraction of sp³-hybridized carbons (Fsp3) is 0.486. The molecule has 1 aliphatic carbocycles. The van der Waals surface area contributed by atoms with Gasteiger partial charge in [-0.05, 0) is 178 Å². The third-order valence-corrected chi connectivity index (χ3v) is 21.8. The highest BCUT2D eigenvalue weighted by Crippen LogP contribution is 2.35. The molecule has 0 spiro atoms. The lowest BCUT2D eigenvalue weighted by Gasteiger charge is -2.37. The molecule has 11 N–H and O–H groups in total. The number of nitrogens with zero attached hydrogens (tertiary/aromatic N) is 2. The standard InChI is InChI=1S/C74H92F3N11O11S2/c1-6-42(2)65-70(95)84-59(32-44-13-20-54(99-5)21-14-44)72(97)88-27-10-24-74(88,4)73(98)85-61(66(79)91)41-101-40-46-29-45(30-53(77)31-46)39-100-28-23-64(90)82-58(11-7-8-25-78)68(93)81-43(3)63(89)35-49(33-50-38-80-57-22-19-52(76)37-56(50)57)67(92)83-60(71(96)87-26-9-12-62(87)69(94)86-65)34-48-16-15-47-17-18-51(75)36-55(47)48/h13-14,16-22,29-31,36-38,42-43,49,58-62,65,80H,6-12,15,23-28,32-35,39-41,78H2,1-5H3,(H2,79,91)(H,81,93)(H,82,90)(H,83,92)(H,84,95)(H,85,98)(H,86,94)/t42-,43+,49+,58-,59-,60-,61-,62-,65-,74-/m0/s1. The van der Waals surface area contributed by atoms with Crippen molar-refractivity contribution in [2.75, 3.05) is 38.2 Å². The number of ketones is 1. The first-order chi connectivity index (χ1) is 48.4. The van der Waals surface area contributed by atoms with E-state index >= 15 is 32.8 Å². The fourth-order valence-electron chi connectivity index (χ4n) is 13.7. The summed E-state index contributed by atoms with van der Waals surface area (Å²) in [6.45, 7) is 7.04. The Bertz CT molecular complexity index is 3910. The van der Waals surface area contributed by atoms with E-state index in [9.17, 15) is 28.4 Å². The maximum Gasteiger partial charge on any atom is 0.246 e. The van der Waals surface area contributed by atoms with Gasteiger partial charge in [0.15, 0.2) is 5.78 Å². The first-order valence-corrected chi connectivity index (χ1v) is 36.9. The summed E-state index contributed by atoms with van der Waals surface area (Å²) in [7, 11) is 1.50. The Labute approximate surface area is 594 Å². The van der Waals surface area contributed by atoms with Crippen molar-refractivity contribution in [2.45, 2.75) is 177 Å². The topological polar surface area (TPSA) is 326 Å². The number of aromatic nitrogens is 1. The molecule has 9 rings (SSSR count). The molecule has 3 aliphatic heterocycles. The Hall–Kier alpha value is -8.69. The second-order valence-electron chi connectivity index (χ2n) is 27.0. The largest absolute Gasteiger partial charge is 0.497 e. The Balaban J connectivity index is 1.05. The molecule has 542 valence electrons. The number of ether oxygens (including phenoxy) is 1. The van der Waals surface area contributed by atoms with E-state index in [0.717, 1.165) is 5.56 Å². The minimum atomic E-state index is -1.55. The number of carbonyl (C=O) groups excluding carboxylic acids is 10. The number of halogens is 3. The van der Waals surface area contributed by atoms with E-state index < -0.39 is 142 Å².